The van der Waals surface area contributed by atoms with E-state index in [9.17, 15) is 4.79 Å². The summed E-state index contributed by atoms with van der Waals surface area (Å²) in [5.74, 6) is 0.332. The number of rotatable bonds is 7. The number of nitrogens with one attached hydrogen (secondary N) is 1. The summed E-state index contributed by atoms with van der Waals surface area (Å²) in [6, 6.07) is 9.54. The molecule has 1 saturated heterocycles. The summed E-state index contributed by atoms with van der Waals surface area (Å²) in [6.07, 6.45) is 2.45. The highest BCUT2D eigenvalue weighted by atomic mass is 16.5. The molecule has 0 bridgehead atoms. The van der Waals surface area contributed by atoms with Crippen LogP contribution in [-0.4, -0.2) is 43.3 Å². The molecule has 1 aliphatic heterocycles. The number of amides is 1. The Kier molecular flexibility index (Phi) is 6.29. The van der Waals surface area contributed by atoms with Crippen molar-refractivity contribution in [2.75, 3.05) is 36.5 Å². The first-order chi connectivity index (χ1) is 13.1. The van der Waals surface area contributed by atoms with Crippen LogP contribution in [0.2, 0.25) is 0 Å². The predicted octanol–water partition coefficient (Wildman–Crippen LogP) is 3.66. The molecular weight excluding hydrogens is 342 g/mol. The second kappa shape index (κ2) is 8.86. The van der Waals surface area contributed by atoms with Gasteiger partial charge in [-0.15, -0.1) is 0 Å². The number of anilines is 2. The number of aromatic nitrogens is 1. The lowest BCUT2D eigenvalue weighted by Gasteiger charge is -2.22. The van der Waals surface area contributed by atoms with E-state index in [1.54, 1.807) is 18.3 Å². The molecule has 1 aromatic heterocycles. The largest absolute Gasteiger partial charge is 0.472 e. The van der Waals surface area contributed by atoms with Crippen LogP contribution in [-0.2, 0) is 4.74 Å². The maximum atomic E-state index is 12.5. The quantitative estimate of drug-likeness (QED) is 0.807. The van der Waals surface area contributed by atoms with Gasteiger partial charge in [0, 0.05) is 43.1 Å². The minimum absolute atomic E-state index is 0.0455. The maximum absolute atomic E-state index is 12.5. The molecule has 0 spiro atoms. The van der Waals surface area contributed by atoms with Gasteiger partial charge in [-0.3, -0.25) is 4.79 Å². The molecule has 1 atom stereocenters. The standard InChI is InChI=1S/C21H27N3O3/c1-4-24(5-2)17-7-8-19(15(3)12-17)23-21(25)16-6-9-20(22-13-16)27-18-10-11-26-14-18/h6-9,12-13,18H,4-5,10-11,14H2,1-3H3,(H,23,25). The number of carbonyl (C=O) groups excluding carboxylic acids is 1. The van der Waals surface area contributed by atoms with Crippen LogP contribution in [0.15, 0.2) is 36.5 Å². The zero-order chi connectivity index (χ0) is 19.2. The number of ether oxygens (including phenoxy) is 2. The lowest BCUT2D eigenvalue weighted by molar-refractivity contribution is 0.102. The van der Waals surface area contributed by atoms with E-state index in [-0.39, 0.29) is 12.0 Å². The number of nitrogens with zero attached hydrogens (tertiary/aromatic N) is 2. The molecule has 1 N–H and O–H groups in total. The molecule has 0 aliphatic carbocycles. The van der Waals surface area contributed by atoms with Crippen LogP contribution in [0, 0.1) is 6.92 Å². The summed E-state index contributed by atoms with van der Waals surface area (Å²) in [5.41, 5.74) is 3.49. The van der Waals surface area contributed by atoms with Gasteiger partial charge >= 0.3 is 0 Å². The monoisotopic (exact) mass is 369 g/mol. The Bertz CT molecular complexity index is 767. The number of benzene rings is 1. The zero-order valence-corrected chi connectivity index (χ0v) is 16.2. The lowest BCUT2D eigenvalue weighted by atomic mass is 10.1. The van der Waals surface area contributed by atoms with Crippen LogP contribution in [0.25, 0.3) is 0 Å². The fourth-order valence-corrected chi connectivity index (χ4v) is 3.13. The first-order valence-electron chi connectivity index (χ1n) is 9.48. The third-order valence-electron chi connectivity index (χ3n) is 4.76. The van der Waals surface area contributed by atoms with Gasteiger partial charge in [0.05, 0.1) is 18.8 Å². The molecule has 6 nitrogen and oxygen atoms in total. The van der Waals surface area contributed by atoms with E-state index in [4.69, 9.17) is 9.47 Å². The van der Waals surface area contributed by atoms with Gasteiger partial charge in [-0.25, -0.2) is 4.98 Å². The van der Waals surface area contributed by atoms with Crippen molar-refractivity contribution in [2.45, 2.75) is 33.3 Å². The maximum Gasteiger partial charge on any atom is 0.257 e. The molecular formula is C21H27N3O3. The molecule has 3 rings (SSSR count). The minimum atomic E-state index is -0.183. The van der Waals surface area contributed by atoms with E-state index in [0.717, 1.165) is 43.1 Å². The third-order valence-corrected chi connectivity index (χ3v) is 4.76. The first kappa shape index (κ1) is 19.2. The number of aryl methyl sites for hydroxylation is 1. The van der Waals surface area contributed by atoms with E-state index in [1.807, 2.05) is 19.1 Å². The van der Waals surface area contributed by atoms with Crippen molar-refractivity contribution in [3.8, 4) is 5.88 Å². The third kappa shape index (κ3) is 4.77. The molecule has 144 valence electrons. The Morgan fingerprint density at radius 2 is 2.11 bits per heavy atom. The van der Waals surface area contributed by atoms with Crippen molar-refractivity contribution < 1.29 is 14.3 Å². The van der Waals surface area contributed by atoms with Crippen molar-refractivity contribution >= 4 is 17.3 Å². The molecule has 1 aliphatic rings. The second-order valence-electron chi connectivity index (χ2n) is 6.61. The van der Waals surface area contributed by atoms with Gasteiger partial charge in [-0.1, -0.05) is 0 Å². The SMILES string of the molecule is CCN(CC)c1ccc(NC(=O)c2ccc(OC3CCOC3)nc2)c(C)c1. The van der Waals surface area contributed by atoms with Gasteiger partial charge in [0.15, 0.2) is 0 Å². The molecule has 1 fully saturated rings. The Balaban J connectivity index is 1.64. The highest BCUT2D eigenvalue weighted by molar-refractivity contribution is 6.04. The predicted molar refractivity (Wildman–Crippen MR) is 107 cm³/mol. The van der Waals surface area contributed by atoms with Gasteiger partial charge in [0.1, 0.15) is 6.10 Å². The fourth-order valence-electron chi connectivity index (χ4n) is 3.13. The molecule has 1 aromatic carbocycles. The summed E-state index contributed by atoms with van der Waals surface area (Å²) < 4.78 is 11.0. The number of hydrogen-bond donors (Lipinski definition) is 1. The van der Waals surface area contributed by atoms with Crippen LogP contribution in [0.3, 0.4) is 0 Å². The van der Waals surface area contributed by atoms with Crippen molar-refractivity contribution in [1.82, 2.24) is 4.98 Å². The molecule has 0 saturated carbocycles. The summed E-state index contributed by atoms with van der Waals surface area (Å²) in [5, 5.41) is 2.96. The number of carbonyl (C=O) groups is 1. The average molecular weight is 369 g/mol. The molecule has 6 heteroatoms. The van der Waals surface area contributed by atoms with E-state index in [1.165, 1.54) is 0 Å². The van der Waals surface area contributed by atoms with Crippen molar-refractivity contribution in [1.29, 1.82) is 0 Å². The van der Waals surface area contributed by atoms with Crippen molar-refractivity contribution in [3.63, 3.8) is 0 Å². The first-order valence-corrected chi connectivity index (χ1v) is 9.48. The number of hydrogen-bond acceptors (Lipinski definition) is 5. The Labute approximate surface area is 160 Å². The summed E-state index contributed by atoms with van der Waals surface area (Å²) >= 11 is 0. The normalized spacial score (nSPS) is 16.2. The van der Waals surface area contributed by atoms with E-state index in [0.29, 0.717) is 18.1 Å². The Morgan fingerprint density at radius 1 is 1.30 bits per heavy atom. The van der Waals surface area contributed by atoms with E-state index in [2.05, 4.69) is 35.1 Å². The molecule has 0 radical (unpaired) electrons. The topological polar surface area (TPSA) is 63.7 Å². The lowest BCUT2D eigenvalue weighted by Crippen LogP contribution is -2.22. The summed E-state index contributed by atoms with van der Waals surface area (Å²) in [6.45, 7) is 9.48. The second-order valence-corrected chi connectivity index (χ2v) is 6.61. The van der Waals surface area contributed by atoms with Gasteiger partial charge in [0.25, 0.3) is 5.91 Å². The van der Waals surface area contributed by atoms with Crippen LogP contribution in [0.5, 0.6) is 5.88 Å². The Hall–Kier alpha value is -2.60. The summed E-state index contributed by atoms with van der Waals surface area (Å²) in [4.78, 5) is 19.0. The highest BCUT2D eigenvalue weighted by Gasteiger charge is 2.18. The molecule has 2 heterocycles. The highest BCUT2D eigenvalue weighted by Crippen LogP contribution is 2.23. The Morgan fingerprint density at radius 3 is 2.70 bits per heavy atom. The van der Waals surface area contributed by atoms with Crippen LogP contribution in [0.4, 0.5) is 11.4 Å². The average Bonchev–Trinajstić information content (AvgIpc) is 3.18. The van der Waals surface area contributed by atoms with Crippen LogP contribution >= 0.6 is 0 Å². The van der Waals surface area contributed by atoms with Gasteiger partial charge in [0.2, 0.25) is 5.88 Å². The van der Waals surface area contributed by atoms with Crippen LogP contribution in [0.1, 0.15) is 36.2 Å². The molecule has 1 unspecified atom stereocenters. The minimum Gasteiger partial charge on any atom is -0.472 e. The van der Waals surface area contributed by atoms with E-state index < -0.39 is 0 Å². The zero-order valence-electron chi connectivity index (χ0n) is 16.2. The summed E-state index contributed by atoms with van der Waals surface area (Å²) in [7, 11) is 0. The van der Waals surface area contributed by atoms with Gasteiger partial charge in [-0.05, 0) is 50.6 Å². The fraction of sp³-hybridized carbons (Fsp3) is 0.429. The van der Waals surface area contributed by atoms with Crippen LogP contribution < -0.4 is 15.0 Å². The van der Waals surface area contributed by atoms with Gasteiger partial charge in [-0.2, -0.15) is 0 Å². The smallest absolute Gasteiger partial charge is 0.257 e. The van der Waals surface area contributed by atoms with Gasteiger partial charge < -0.3 is 19.7 Å². The van der Waals surface area contributed by atoms with E-state index >= 15 is 0 Å². The molecule has 1 amide bonds. The molecule has 2 aromatic rings. The van der Waals surface area contributed by atoms with Crippen molar-refractivity contribution in [3.05, 3.63) is 47.7 Å². The number of pyridine rings is 1. The van der Waals surface area contributed by atoms with Crippen molar-refractivity contribution in [2.24, 2.45) is 0 Å². The molecule has 27 heavy (non-hydrogen) atoms.